The van der Waals surface area contributed by atoms with Crippen molar-refractivity contribution in [3.63, 3.8) is 0 Å². The van der Waals surface area contributed by atoms with Gasteiger partial charge in [-0.05, 0) is 121 Å². The molecule has 1 fully saturated rings. The number of hydrogen-bond acceptors (Lipinski definition) is 17. The van der Waals surface area contributed by atoms with Crippen LogP contribution < -0.4 is 21.3 Å². The van der Waals surface area contributed by atoms with E-state index in [0.29, 0.717) is 12.2 Å². The van der Waals surface area contributed by atoms with Crippen LogP contribution in [-0.2, 0) is 62.3 Å². The van der Waals surface area contributed by atoms with Gasteiger partial charge in [-0.15, -0.1) is 0 Å². The minimum atomic E-state index is -1.67. The van der Waals surface area contributed by atoms with E-state index >= 15 is 28.8 Å². The van der Waals surface area contributed by atoms with E-state index in [1.54, 1.807) is 60.6 Å². The molecule has 1 aliphatic heterocycles. The molecule has 0 unspecified atom stereocenters. The highest BCUT2D eigenvalue weighted by Gasteiger charge is 2.46. The van der Waals surface area contributed by atoms with Crippen LogP contribution in [0.4, 0.5) is 0 Å². The van der Waals surface area contributed by atoms with Gasteiger partial charge in [0.05, 0.1) is 31.4 Å². The molecule has 550 valence electrons. The van der Waals surface area contributed by atoms with Crippen molar-refractivity contribution in [1.82, 2.24) is 55.6 Å². The zero-order chi connectivity index (χ0) is 74.3. The third-order valence-electron chi connectivity index (χ3n) is 17.8. The fraction of sp³-hybridized carbons (Fsp3) is 0.797. The largest absolute Gasteiger partial charge is 0.469 e. The van der Waals surface area contributed by atoms with Gasteiger partial charge in [0, 0.05) is 60.9 Å². The van der Waals surface area contributed by atoms with Crippen molar-refractivity contribution in [2.75, 3.05) is 74.5 Å². The second-order valence-electron chi connectivity index (χ2n) is 28.9. The molecule has 1 aliphatic rings. The van der Waals surface area contributed by atoms with E-state index in [9.17, 15) is 39.0 Å². The van der Waals surface area contributed by atoms with Crippen LogP contribution >= 0.6 is 11.8 Å². The van der Waals surface area contributed by atoms with Crippen LogP contribution in [0.15, 0.2) is 12.2 Å². The Morgan fingerprint density at radius 1 is 0.583 bits per heavy atom. The lowest BCUT2D eigenvalue weighted by atomic mass is 9.91. The summed E-state index contributed by atoms with van der Waals surface area (Å²) in [5.41, 5.74) is -1.53. The number of hydrogen-bond donors (Lipinski definition) is 6. The second-order valence-corrected chi connectivity index (χ2v) is 30.0. The van der Waals surface area contributed by atoms with Crippen molar-refractivity contribution in [3.05, 3.63) is 12.2 Å². The molecule has 0 spiro atoms. The highest BCUT2D eigenvalue weighted by atomic mass is 32.2. The number of methoxy groups -OCH3 is 1. The summed E-state index contributed by atoms with van der Waals surface area (Å²) in [6, 6.07) is -14.2. The van der Waals surface area contributed by atoms with Gasteiger partial charge >= 0.3 is 5.97 Å². The topological polar surface area (TPSA) is 325 Å². The van der Waals surface area contributed by atoms with E-state index < -0.39 is 173 Å². The van der Waals surface area contributed by atoms with E-state index in [0.717, 1.165) is 4.90 Å². The standard InChI is InChI=1S/C69H123N11O15S/c1-26-28-30-44(13)58(83)57-62(87)72-47(27-2)64(89)78(22)52(38-96-32-29-31-54(82)95-25)53(81)37-74(18)51(36-69(16,17)94)61(86)73-55(42(9)10)67(92)75(19)48(33-39(3)4)60(85)70-45(14)59(84)71-46(15)63(88)76(20)49(34-40(5)6)65(90)77(21)50(35-41(7)8)66(91)79(23)56(43(11)12)68(93)80(57)24/h26,28,39-52,55-58,83,94H,27,29-38H2,1-25H3,(H,70,85)(H,71,84)(H,72,87)(H,73,86)/t44-,45+,46-,47+,48+,49+,50+,51+,52-,55+,56+,57+,58-/m1/s1. The van der Waals surface area contributed by atoms with E-state index in [1.807, 2.05) is 41.5 Å². The van der Waals surface area contributed by atoms with Gasteiger partial charge in [-0.3, -0.25) is 62.4 Å². The van der Waals surface area contributed by atoms with Gasteiger partial charge in [-0.2, -0.15) is 11.8 Å². The monoisotopic (exact) mass is 1380 g/mol. The van der Waals surface area contributed by atoms with Crippen LogP contribution in [-0.4, -0.2) is 268 Å². The maximum atomic E-state index is 15.3. The van der Waals surface area contributed by atoms with Crippen LogP contribution in [0.1, 0.15) is 169 Å². The smallest absolute Gasteiger partial charge is 0.305 e. The number of aliphatic hydroxyl groups excluding tert-OH is 1. The van der Waals surface area contributed by atoms with Gasteiger partial charge in [0.15, 0.2) is 5.78 Å². The first-order valence-corrected chi connectivity index (χ1v) is 35.2. The molecule has 0 radical (unpaired) electrons. The molecular formula is C69H123N11O15S. The number of esters is 1. The fourth-order valence-corrected chi connectivity index (χ4v) is 12.9. The Kier molecular flexibility index (Phi) is 37.2. The third-order valence-corrected chi connectivity index (χ3v) is 18.9. The molecule has 0 aromatic rings. The number of amides is 10. The Bertz CT molecular complexity index is 2650. The van der Waals surface area contributed by atoms with Crippen LogP contribution in [0.2, 0.25) is 0 Å². The normalized spacial score (nSPS) is 26.3. The highest BCUT2D eigenvalue weighted by molar-refractivity contribution is 7.99. The number of thioether (sulfide) groups is 1. The van der Waals surface area contributed by atoms with Crippen LogP contribution in [0, 0.1) is 35.5 Å². The molecule has 1 heterocycles. The molecule has 10 amide bonds. The van der Waals surface area contributed by atoms with E-state index in [-0.39, 0.29) is 68.5 Å². The Labute approximate surface area is 577 Å². The average Bonchev–Trinajstić information content (AvgIpc) is 0.828. The number of aliphatic hydroxyl groups is 2. The summed E-state index contributed by atoms with van der Waals surface area (Å²) in [4.78, 5) is 184. The zero-order valence-corrected chi connectivity index (χ0v) is 63.4. The highest BCUT2D eigenvalue weighted by Crippen LogP contribution is 2.27. The molecule has 0 aromatic heterocycles. The van der Waals surface area contributed by atoms with Crippen LogP contribution in [0.25, 0.3) is 0 Å². The second kappa shape index (κ2) is 40.6. The lowest BCUT2D eigenvalue weighted by Crippen LogP contribution is -2.64. The van der Waals surface area contributed by atoms with E-state index in [4.69, 9.17) is 4.74 Å². The Hall–Kier alpha value is -6.19. The summed E-state index contributed by atoms with van der Waals surface area (Å²) in [5, 5.41) is 34.6. The van der Waals surface area contributed by atoms with E-state index in [1.165, 1.54) is 125 Å². The number of rotatable bonds is 21. The number of likely N-dealkylation sites (N-methyl/N-ethyl adjacent to an activating group) is 7. The van der Waals surface area contributed by atoms with Crippen molar-refractivity contribution in [1.29, 1.82) is 0 Å². The third kappa shape index (κ3) is 26.2. The maximum Gasteiger partial charge on any atom is 0.305 e. The SMILES string of the molecule is CC=CC[C@@H](C)[C@@H](O)[C@H]1C(=O)N[C@@H](CC)C(=O)N(C)[C@H](CSCCCC(=O)OC)C(=O)CN(C)[C@@H](CC(C)(C)O)C(=O)N[C@@H](C(C)C)C(=O)N(C)[C@@H](CC(C)C)C(=O)N[C@@H](C)C(=O)N[C@H](C)C(=O)N(C)[C@@H](CC(C)C)C(=O)N(C)[C@@H](CC(C)C)C(=O)N(C)[C@@H](C(C)C)C(=O)N1C. The lowest BCUT2D eigenvalue weighted by molar-refractivity contribution is -0.157. The van der Waals surface area contributed by atoms with Crippen LogP contribution in [0.5, 0.6) is 0 Å². The van der Waals surface area contributed by atoms with Crippen molar-refractivity contribution in [2.45, 2.75) is 247 Å². The van der Waals surface area contributed by atoms with Gasteiger partial charge in [-0.1, -0.05) is 95.2 Å². The first kappa shape index (κ1) is 87.8. The average molecular weight is 1380 g/mol. The molecule has 13 atom stereocenters. The number of ketones is 1. The summed E-state index contributed by atoms with van der Waals surface area (Å²) >= 11 is 1.27. The first-order valence-electron chi connectivity index (χ1n) is 34.1. The number of nitrogens with one attached hydrogen (secondary N) is 4. The van der Waals surface area contributed by atoms with Gasteiger partial charge in [0.2, 0.25) is 59.1 Å². The quantitative estimate of drug-likeness (QED) is 0.0544. The summed E-state index contributed by atoms with van der Waals surface area (Å²) in [6.45, 7) is 28.4. The van der Waals surface area contributed by atoms with Crippen molar-refractivity contribution >= 4 is 82.6 Å². The van der Waals surface area contributed by atoms with Gasteiger partial charge < -0.3 is 65.6 Å². The maximum absolute atomic E-state index is 15.3. The van der Waals surface area contributed by atoms with Crippen molar-refractivity contribution in [2.24, 2.45) is 35.5 Å². The molecular weight excluding hydrogens is 1250 g/mol. The lowest BCUT2D eigenvalue weighted by Gasteiger charge is -2.41. The summed E-state index contributed by atoms with van der Waals surface area (Å²) in [7, 11) is 11.2. The molecule has 96 heavy (non-hydrogen) atoms. The summed E-state index contributed by atoms with van der Waals surface area (Å²) in [5.74, 6) is -10.2. The number of ether oxygens (including phenoxy) is 1. The number of carbonyl (C=O) groups is 12. The number of carbonyl (C=O) groups excluding carboxylic acids is 12. The number of Topliss-reactive ketones (excluding diaryl/α,β-unsaturated/α-hetero) is 1. The Morgan fingerprint density at radius 3 is 1.53 bits per heavy atom. The fourth-order valence-electron chi connectivity index (χ4n) is 11.8. The van der Waals surface area contributed by atoms with E-state index in [2.05, 4.69) is 21.3 Å². The molecule has 0 saturated carbocycles. The predicted molar refractivity (Wildman–Crippen MR) is 372 cm³/mol. The molecule has 6 N–H and O–H groups in total. The molecule has 27 heteroatoms. The summed E-state index contributed by atoms with van der Waals surface area (Å²) < 4.78 is 4.82. The summed E-state index contributed by atoms with van der Waals surface area (Å²) in [6.07, 6.45) is 2.80. The minimum Gasteiger partial charge on any atom is -0.469 e. The number of nitrogens with zero attached hydrogens (tertiary/aromatic N) is 7. The van der Waals surface area contributed by atoms with Crippen molar-refractivity contribution in [3.8, 4) is 0 Å². The van der Waals surface area contributed by atoms with Gasteiger partial charge in [-0.25, -0.2) is 0 Å². The Balaban J connectivity index is 4.52. The molecule has 26 nitrogen and oxygen atoms in total. The van der Waals surface area contributed by atoms with Crippen molar-refractivity contribution < 1.29 is 72.5 Å². The van der Waals surface area contributed by atoms with Crippen LogP contribution in [0.3, 0.4) is 0 Å². The first-order chi connectivity index (χ1) is 44.3. The van der Waals surface area contributed by atoms with Gasteiger partial charge in [0.1, 0.15) is 60.4 Å². The Morgan fingerprint density at radius 2 is 1.05 bits per heavy atom. The minimum absolute atomic E-state index is 0.0200. The molecule has 1 rings (SSSR count). The molecule has 0 aliphatic carbocycles. The molecule has 0 aromatic carbocycles. The van der Waals surface area contributed by atoms with Gasteiger partial charge in [0.25, 0.3) is 0 Å². The molecule has 1 saturated heterocycles. The predicted octanol–water partition coefficient (Wildman–Crippen LogP) is 3.48. The zero-order valence-electron chi connectivity index (χ0n) is 62.6. The molecule has 0 bridgehead atoms. The number of allylic oxidation sites excluding steroid dienone is 2.